The first-order chi connectivity index (χ1) is 17.9. The summed E-state index contributed by atoms with van der Waals surface area (Å²) in [5.74, 6) is -3.34. The molecule has 184 valence electrons. The molecule has 37 heavy (non-hydrogen) atoms. The Morgan fingerprint density at radius 2 is 1.68 bits per heavy atom. The molecule has 10 heteroatoms. The van der Waals surface area contributed by atoms with Gasteiger partial charge in [0.25, 0.3) is 5.69 Å². The first-order valence-corrected chi connectivity index (χ1v) is 11.6. The van der Waals surface area contributed by atoms with Gasteiger partial charge in [0.1, 0.15) is 17.5 Å². The summed E-state index contributed by atoms with van der Waals surface area (Å²) in [5, 5.41) is 17.6. The number of hydrogen-bond donors (Lipinski definition) is 0. The van der Waals surface area contributed by atoms with Crippen LogP contribution in [0.25, 0.3) is 0 Å². The Kier molecular flexibility index (Phi) is 5.11. The van der Waals surface area contributed by atoms with Gasteiger partial charge in [0.15, 0.2) is 5.78 Å². The molecule has 3 aliphatic rings. The second kappa shape index (κ2) is 8.37. The molecule has 0 N–H and O–H groups in total. The summed E-state index contributed by atoms with van der Waals surface area (Å²) in [6.45, 7) is 0. The molecular weight excluding hydrogens is 476 g/mol. The molecule has 3 aliphatic heterocycles. The molecule has 2 fully saturated rings. The van der Waals surface area contributed by atoms with Gasteiger partial charge >= 0.3 is 0 Å². The second-order valence-corrected chi connectivity index (χ2v) is 9.05. The molecule has 3 heterocycles. The number of anilines is 1. The minimum absolute atomic E-state index is 0.0221. The van der Waals surface area contributed by atoms with Gasteiger partial charge in [-0.3, -0.25) is 29.5 Å². The van der Waals surface area contributed by atoms with E-state index in [2.05, 4.69) is 5.10 Å². The fraction of sp³-hybridized carbons (Fsp3) is 0.185. The summed E-state index contributed by atoms with van der Waals surface area (Å²) in [4.78, 5) is 53.6. The summed E-state index contributed by atoms with van der Waals surface area (Å²) in [5.41, 5.74) is 1.66. The van der Waals surface area contributed by atoms with E-state index in [-0.39, 0.29) is 22.9 Å². The number of carbonyl (C=O) groups excluding carboxylic acids is 3. The van der Waals surface area contributed by atoms with Crippen LogP contribution in [0.2, 0.25) is 0 Å². The molecule has 0 spiro atoms. The van der Waals surface area contributed by atoms with Gasteiger partial charge in [0.05, 0.1) is 36.1 Å². The van der Waals surface area contributed by atoms with Crippen molar-refractivity contribution >= 4 is 35.2 Å². The SMILES string of the molecule is COc1ccc([N+](=O)[O-])cc1N1C(=O)[C@@H]2[C@H](C1=O)[C@@H]1c3ccccc3C=NN1[C@@H]2C(=O)c1ccccc1. The van der Waals surface area contributed by atoms with Gasteiger partial charge in [0.2, 0.25) is 11.8 Å². The molecule has 0 radical (unpaired) electrons. The van der Waals surface area contributed by atoms with Crippen molar-refractivity contribution in [1.82, 2.24) is 5.01 Å². The number of amides is 2. The lowest BCUT2D eigenvalue weighted by atomic mass is 9.83. The molecule has 2 amide bonds. The van der Waals surface area contributed by atoms with E-state index in [1.54, 1.807) is 41.6 Å². The van der Waals surface area contributed by atoms with Crippen molar-refractivity contribution in [1.29, 1.82) is 0 Å². The average Bonchev–Trinajstić information content (AvgIpc) is 3.40. The number of rotatable bonds is 5. The van der Waals surface area contributed by atoms with Crippen LogP contribution in [0.1, 0.15) is 27.5 Å². The zero-order chi connectivity index (χ0) is 25.8. The largest absolute Gasteiger partial charge is 0.495 e. The van der Waals surface area contributed by atoms with Crippen LogP contribution in [-0.4, -0.2) is 46.9 Å². The standard InChI is InChI=1S/C27H20N4O6/c1-37-20-12-11-17(31(35)36)13-19(20)29-26(33)21-22(27(29)34)24(25(32)15-7-3-2-4-8-15)30-23(21)18-10-6-5-9-16(18)14-28-30/h2-14,21-24H,1H3/t21-,22+,23-,24-/m0/s1. The van der Waals surface area contributed by atoms with Gasteiger partial charge in [-0.05, 0) is 17.2 Å². The fourth-order valence-corrected chi connectivity index (χ4v) is 5.65. The number of nitrogens with zero attached hydrogens (tertiary/aromatic N) is 4. The first-order valence-electron chi connectivity index (χ1n) is 11.6. The highest BCUT2D eigenvalue weighted by molar-refractivity contribution is 6.25. The number of methoxy groups -OCH3 is 1. The van der Waals surface area contributed by atoms with Gasteiger partial charge in [-0.15, -0.1) is 0 Å². The number of Topliss-reactive ketones (excluding diaryl/α,β-unsaturated/α-hetero) is 1. The molecule has 0 aliphatic carbocycles. The zero-order valence-corrected chi connectivity index (χ0v) is 19.6. The molecule has 10 nitrogen and oxygen atoms in total. The second-order valence-electron chi connectivity index (χ2n) is 9.05. The van der Waals surface area contributed by atoms with Crippen molar-refractivity contribution in [3.63, 3.8) is 0 Å². The Bertz CT molecular complexity index is 1500. The van der Waals surface area contributed by atoms with Crippen molar-refractivity contribution in [2.24, 2.45) is 16.9 Å². The third kappa shape index (κ3) is 3.25. The molecule has 0 saturated carbocycles. The number of benzene rings is 3. The molecule has 3 aromatic rings. The summed E-state index contributed by atoms with van der Waals surface area (Å²) in [6, 6.07) is 18.0. The van der Waals surface area contributed by atoms with Crippen molar-refractivity contribution in [2.75, 3.05) is 12.0 Å². The highest BCUT2D eigenvalue weighted by Crippen LogP contribution is 2.54. The molecular formula is C27H20N4O6. The smallest absolute Gasteiger partial charge is 0.271 e. The Balaban J connectivity index is 1.52. The van der Waals surface area contributed by atoms with E-state index >= 15 is 0 Å². The monoisotopic (exact) mass is 496 g/mol. The number of ketones is 1. The van der Waals surface area contributed by atoms with Crippen molar-refractivity contribution in [3.8, 4) is 5.75 Å². The number of nitro groups is 1. The predicted molar refractivity (Wildman–Crippen MR) is 132 cm³/mol. The van der Waals surface area contributed by atoms with Gasteiger partial charge in [-0.1, -0.05) is 54.6 Å². The van der Waals surface area contributed by atoms with Gasteiger partial charge < -0.3 is 4.74 Å². The molecule has 3 aromatic carbocycles. The molecule has 4 atom stereocenters. The number of imide groups is 1. The van der Waals surface area contributed by atoms with Crippen LogP contribution in [0.15, 0.2) is 77.9 Å². The van der Waals surface area contributed by atoms with Crippen LogP contribution in [0.3, 0.4) is 0 Å². The quantitative estimate of drug-likeness (QED) is 0.230. The Morgan fingerprint density at radius 1 is 0.973 bits per heavy atom. The van der Waals surface area contributed by atoms with E-state index in [0.717, 1.165) is 22.1 Å². The van der Waals surface area contributed by atoms with E-state index in [0.29, 0.717) is 5.56 Å². The summed E-state index contributed by atoms with van der Waals surface area (Å²) in [6.07, 6.45) is 1.63. The van der Waals surface area contributed by atoms with Crippen molar-refractivity contribution in [3.05, 3.63) is 99.6 Å². The Hall–Kier alpha value is -4.86. The number of fused-ring (bicyclic) bond motifs is 5. The number of carbonyl (C=O) groups is 3. The van der Waals surface area contributed by atoms with Crippen LogP contribution in [0, 0.1) is 22.0 Å². The van der Waals surface area contributed by atoms with E-state index < -0.39 is 40.7 Å². The van der Waals surface area contributed by atoms with Crippen molar-refractivity contribution < 1.29 is 24.0 Å². The third-order valence-corrected chi connectivity index (χ3v) is 7.23. The van der Waals surface area contributed by atoms with E-state index in [4.69, 9.17) is 4.74 Å². The van der Waals surface area contributed by atoms with Crippen LogP contribution < -0.4 is 9.64 Å². The van der Waals surface area contributed by atoms with Gasteiger partial charge in [-0.25, -0.2) is 4.90 Å². The maximum absolute atomic E-state index is 14.0. The van der Waals surface area contributed by atoms with Crippen LogP contribution >= 0.6 is 0 Å². The number of nitro benzene ring substituents is 1. The van der Waals surface area contributed by atoms with Crippen LogP contribution in [0.5, 0.6) is 5.75 Å². The third-order valence-electron chi connectivity index (χ3n) is 7.23. The van der Waals surface area contributed by atoms with Crippen molar-refractivity contribution in [2.45, 2.75) is 12.1 Å². The molecule has 0 aromatic heterocycles. The number of hydrazone groups is 1. The Labute approximate surface area is 210 Å². The highest BCUT2D eigenvalue weighted by Gasteiger charge is 2.65. The number of non-ortho nitro benzene ring substituents is 1. The lowest BCUT2D eigenvalue weighted by Gasteiger charge is -2.33. The minimum atomic E-state index is -1.04. The first kappa shape index (κ1) is 22.6. The van der Waals surface area contributed by atoms with E-state index in [1.807, 2.05) is 24.3 Å². The molecule has 0 bridgehead atoms. The molecule has 6 rings (SSSR count). The maximum Gasteiger partial charge on any atom is 0.271 e. The minimum Gasteiger partial charge on any atom is -0.495 e. The normalized spacial score (nSPS) is 23.5. The number of ether oxygens (including phenoxy) is 1. The number of hydrogen-bond acceptors (Lipinski definition) is 8. The van der Waals surface area contributed by atoms with Crippen LogP contribution in [-0.2, 0) is 9.59 Å². The predicted octanol–water partition coefficient (Wildman–Crippen LogP) is 3.36. The van der Waals surface area contributed by atoms with E-state index in [9.17, 15) is 24.5 Å². The summed E-state index contributed by atoms with van der Waals surface area (Å²) >= 11 is 0. The summed E-state index contributed by atoms with van der Waals surface area (Å²) in [7, 11) is 1.35. The van der Waals surface area contributed by atoms with Gasteiger partial charge in [0, 0.05) is 17.7 Å². The molecule has 2 saturated heterocycles. The van der Waals surface area contributed by atoms with Gasteiger partial charge in [-0.2, -0.15) is 5.10 Å². The molecule has 0 unspecified atom stereocenters. The highest BCUT2D eigenvalue weighted by atomic mass is 16.6. The van der Waals surface area contributed by atoms with Crippen LogP contribution in [0.4, 0.5) is 11.4 Å². The average molecular weight is 496 g/mol. The lowest BCUT2D eigenvalue weighted by Crippen LogP contribution is -2.44. The fourth-order valence-electron chi connectivity index (χ4n) is 5.65. The maximum atomic E-state index is 14.0. The lowest BCUT2D eigenvalue weighted by molar-refractivity contribution is -0.384. The zero-order valence-electron chi connectivity index (χ0n) is 19.6. The summed E-state index contributed by atoms with van der Waals surface area (Å²) < 4.78 is 5.35. The Morgan fingerprint density at radius 3 is 2.41 bits per heavy atom. The topological polar surface area (TPSA) is 122 Å². The van der Waals surface area contributed by atoms with E-state index in [1.165, 1.54) is 19.2 Å².